The summed E-state index contributed by atoms with van der Waals surface area (Å²) in [7, 11) is -3.47. The average Bonchev–Trinajstić information content (AvgIpc) is 3.18. The molecule has 0 unspecified atom stereocenters. The van der Waals surface area contributed by atoms with Gasteiger partial charge in [0.1, 0.15) is 0 Å². The quantitative estimate of drug-likeness (QED) is 0.395. The van der Waals surface area contributed by atoms with Gasteiger partial charge in [0.2, 0.25) is 0 Å². The lowest BCUT2D eigenvalue weighted by Gasteiger charge is -2.31. The van der Waals surface area contributed by atoms with E-state index < -0.39 is 15.1 Å². The molecule has 0 saturated carbocycles. The highest BCUT2D eigenvalue weighted by Gasteiger charge is 2.32. The Morgan fingerprint density at radius 1 is 1.07 bits per heavy atom. The van der Waals surface area contributed by atoms with Crippen molar-refractivity contribution in [1.29, 1.82) is 0 Å². The normalized spacial score (nSPS) is 15.6. The summed E-state index contributed by atoms with van der Waals surface area (Å²) < 4.78 is 27.0. The monoisotopic (exact) mass is 530 g/mol. The number of anilines is 1. The van der Waals surface area contributed by atoms with Crippen molar-refractivity contribution in [3.8, 4) is 11.3 Å². The maximum Gasteiger partial charge on any atom is 0.185 e. The summed E-state index contributed by atoms with van der Waals surface area (Å²) in [6, 6.07) is 12.5. The zero-order valence-electron chi connectivity index (χ0n) is 15.2. The molecule has 0 bridgehead atoms. The van der Waals surface area contributed by atoms with Crippen LogP contribution in [-0.2, 0) is 9.84 Å². The molecule has 152 valence electrons. The molecule has 9 heteroatoms. The second-order valence-electron chi connectivity index (χ2n) is 6.86. The minimum Gasteiger partial charge on any atom is -0.348 e. The van der Waals surface area contributed by atoms with Crippen molar-refractivity contribution in [1.82, 2.24) is 4.98 Å². The molecule has 3 aromatic rings. The van der Waals surface area contributed by atoms with Gasteiger partial charge >= 0.3 is 0 Å². The molecule has 0 amide bonds. The molecule has 1 fully saturated rings. The van der Waals surface area contributed by atoms with E-state index in [0.717, 1.165) is 20.9 Å². The van der Waals surface area contributed by atoms with Crippen molar-refractivity contribution in [2.75, 3.05) is 18.0 Å². The predicted molar refractivity (Wildman–Crippen MR) is 124 cm³/mol. The molecule has 2 aromatic carbocycles. The van der Waals surface area contributed by atoms with Gasteiger partial charge in [-0.25, -0.2) is 13.4 Å². The van der Waals surface area contributed by atoms with Crippen molar-refractivity contribution in [3.63, 3.8) is 0 Å². The van der Waals surface area contributed by atoms with Crippen LogP contribution in [0.15, 0.2) is 57.2 Å². The first kappa shape index (κ1) is 21.1. The van der Waals surface area contributed by atoms with Gasteiger partial charge in [-0.2, -0.15) is 0 Å². The molecule has 4 rings (SSSR count). The van der Waals surface area contributed by atoms with E-state index in [0.29, 0.717) is 36.0 Å². The third kappa shape index (κ3) is 4.64. The molecule has 0 spiro atoms. The molecule has 1 saturated heterocycles. The first-order valence-electron chi connectivity index (χ1n) is 8.99. The number of benzene rings is 2. The van der Waals surface area contributed by atoms with E-state index in [-0.39, 0.29) is 4.90 Å². The molecular weight excluding hydrogens is 515 g/mol. The molecule has 0 radical (unpaired) electrons. The van der Waals surface area contributed by atoms with Crippen LogP contribution in [0.1, 0.15) is 12.8 Å². The van der Waals surface area contributed by atoms with Crippen molar-refractivity contribution < 1.29 is 8.42 Å². The molecule has 1 aromatic heterocycles. The second kappa shape index (κ2) is 8.55. The van der Waals surface area contributed by atoms with Gasteiger partial charge in [0.05, 0.1) is 15.8 Å². The van der Waals surface area contributed by atoms with Crippen LogP contribution in [0.3, 0.4) is 0 Å². The van der Waals surface area contributed by atoms with Gasteiger partial charge in [-0.3, -0.25) is 0 Å². The van der Waals surface area contributed by atoms with E-state index in [1.165, 1.54) is 18.2 Å². The van der Waals surface area contributed by atoms with Gasteiger partial charge in [-0.05, 0) is 43.2 Å². The molecular formula is C20H17BrCl2N2O2S2. The van der Waals surface area contributed by atoms with E-state index in [1.54, 1.807) is 11.3 Å². The van der Waals surface area contributed by atoms with Gasteiger partial charge < -0.3 is 4.90 Å². The summed E-state index contributed by atoms with van der Waals surface area (Å²) in [5.41, 5.74) is 1.98. The Balaban J connectivity index is 1.47. The molecule has 0 N–H and O–H groups in total. The van der Waals surface area contributed by atoms with E-state index >= 15 is 0 Å². The Labute approximate surface area is 192 Å². The summed E-state index contributed by atoms with van der Waals surface area (Å²) in [6.07, 6.45) is 1.08. The number of aromatic nitrogens is 1. The first-order valence-corrected chi connectivity index (χ1v) is 13.0. The summed E-state index contributed by atoms with van der Waals surface area (Å²) in [6.45, 7) is 1.28. The van der Waals surface area contributed by atoms with Crippen molar-refractivity contribution in [2.45, 2.75) is 23.0 Å². The lowest BCUT2D eigenvalue weighted by molar-refractivity contribution is 0.529. The number of hydrogen-bond acceptors (Lipinski definition) is 5. The third-order valence-electron chi connectivity index (χ3n) is 4.93. The van der Waals surface area contributed by atoms with Crippen LogP contribution in [0.2, 0.25) is 10.0 Å². The fourth-order valence-corrected chi connectivity index (χ4v) is 7.17. The maximum absolute atomic E-state index is 13.0. The summed E-state index contributed by atoms with van der Waals surface area (Å²) >= 11 is 17.1. The maximum atomic E-state index is 13.0. The van der Waals surface area contributed by atoms with Crippen LogP contribution in [0, 0.1) is 0 Å². The lowest BCUT2D eigenvalue weighted by atomic mass is 10.1. The van der Waals surface area contributed by atoms with Crippen LogP contribution in [-0.4, -0.2) is 31.7 Å². The summed E-state index contributed by atoms with van der Waals surface area (Å²) in [5, 5.41) is 3.17. The number of nitrogens with zero attached hydrogens (tertiary/aromatic N) is 2. The number of sulfone groups is 1. The van der Waals surface area contributed by atoms with Gasteiger partial charge in [-0.1, -0.05) is 51.3 Å². The summed E-state index contributed by atoms with van der Waals surface area (Å²) in [5.74, 6) is 0. The minimum atomic E-state index is -3.47. The average molecular weight is 532 g/mol. The Morgan fingerprint density at radius 3 is 2.41 bits per heavy atom. The Hall–Kier alpha value is -1.12. The summed E-state index contributed by atoms with van der Waals surface area (Å²) in [4.78, 5) is 7.10. The van der Waals surface area contributed by atoms with Crippen molar-refractivity contribution in [3.05, 3.63) is 62.4 Å². The van der Waals surface area contributed by atoms with Gasteiger partial charge in [0.25, 0.3) is 0 Å². The zero-order valence-corrected chi connectivity index (χ0v) is 19.9. The third-order valence-corrected chi connectivity index (χ3v) is 9.00. The number of rotatable bonds is 4. The lowest BCUT2D eigenvalue weighted by Crippen LogP contribution is -2.39. The molecule has 1 aliphatic heterocycles. The van der Waals surface area contributed by atoms with E-state index in [1.807, 2.05) is 29.6 Å². The molecule has 0 aliphatic carbocycles. The van der Waals surface area contributed by atoms with Crippen LogP contribution in [0.25, 0.3) is 11.3 Å². The Kier molecular flexibility index (Phi) is 6.23. The predicted octanol–water partition coefficient (Wildman–Crippen LogP) is 6.32. The highest BCUT2D eigenvalue weighted by Crippen LogP contribution is 2.33. The minimum absolute atomic E-state index is 0.194. The van der Waals surface area contributed by atoms with E-state index in [4.69, 9.17) is 28.2 Å². The number of piperidine rings is 1. The highest BCUT2D eigenvalue weighted by molar-refractivity contribution is 9.10. The number of hydrogen-bond donors (Lipinski definition) is 0. The molecule has 4 nitrogen and oxygen atoms in total. The van der Waals surface area contributed by atoms with E-state index in [9.17, 15) is 8.42 Å². The van der Waals surface area contributed by atoms with Crippen LogP contribution < -0.4 is 4.90 Å². The zero-order chi connectivity index (χ0) is 20.6. The smallest absolute Gasteiger partial charge is 0.185 e. The second-order valence-corrected chi connectivity index (χ2v) is 11.7. The highest BCUT2D eigenvalue weighted by atomic mass is 79.9. The molecule has 29 heavy (non-hydrogen) atoms. The number of halogens is 3. The van der Waals surface area contributed by atoms with Crippen LogP contribution in [0.4, 0.5) is 5.13 Å². The van der Waals surface area contributed by atoms with Crippen LogP contribution in [0.5, 0.6) is 0 Å². The Bertz CT molecular complexity index is 1120. The van der Waals surface area contributed by atoms with E-state index in [2.05, 4.69) is 20.8 Å². The molecule has 0 atom stereocenters. The molecule has 2 heterocycles. The van der Waals surface area contributed by atoms with Crippen molar-refractivity contribution in [2.24, 2.45) is 0 Å². The Morgan fingerprint density at radius 2 is 1.76 bits per heavy atom. The van der Waals surface area contributed by atoms with Gasteiger partial charge in [0, 0.05) is 38.6 Å². The topological polar surface area (TPSA) is 50.3 Å². The fourth-order valence-electron chi connectivity index (χ4n) is 3.43. The number of thiazole rings is 1. The van der Waals surface area contributed by atoms with Crippen LogP contribution >= 0.6 is 50.5 Å². The van der Waals surface area contributed by atoms with Gasteiger partial charge in [0.15, 0.2) is 15.0 Å². The largest absolute Gasteiger partial charge is 0.348 e. The fraction of sp³-hybridized carbons (Fsp3) is 0.250. The molecule has 1 aliphatic rings. The standard InChI is InChI=1S/C20H17BrCl2N2O2S2/c21-14-3-1-2-13(8-14)19-12-28-20(24-19)25-6-4-17(5-7-25)29(26,27)18-10-15(22)9-16(23)11-18/h1-3,8-12,17H,4-7H2. The van der Waals surface area contributed by atoms with Gasteiger partial charge in [-0.15, -0.1) is 11.3 Å². The first-order chi connectivity index (χ1) is 13.8. The SMILES string of the molecule is O=S(=O)(c1cc(Cl)cc(Cl)c1)C1CCN(c2nc(-c3cccc(Br)c3)cs2)CC1. The van der Waals surface area contributed by atoms with Crippen molar-refractivity contribution >= 4 is 65.4 Å².